The molecule has 1 aromatic carbocycles. The van der Waals surface area contributed by atoms with Gasteiger partial charge in [0, 0.05) is 11.3 Å². The molecule has 0 N–H and O–H groups in total. The molecule has 2 heterocycles. The van der Waals surface area contributed by atoms with Crippen LogP contribution >= 0.6 is 11.8 Å². The molecule has 5 nitrogen and oxygen atoms in total. The molecule has 0 spiro atoms. The molecule has 1 aromatic rings. The maximum absolute atomic E-state index is 12.3. The van der Waals surface area contributed by atoms with E-state index in [4.69, 9.17) is 9.47 Å². The second kappa shape index (κ2) is 5.20. The van der Waals surface area contributed by atoms with Gasteiger partial charge in [0.15, 0.2) is 0 Å². The van der Waals surface area contributed by atoms with Gasteiger partial charge in [-0.25, -0.2) is 9.59 Å². The number of amides is 1. The Morgan fingerprint density at radius 2 is 2.15 bits per heavy atom. The molecule has 0 aromatic heterocycles. The standard InChI is InChI=1S/C14H13NO4S/c1-9-15(12-10(8-20-9)7-18-13(12)16)14(17)19-11-5-3-2-4-6-11/h2-6,9H,7-8H2,1H3. The van der Waals surface area contributed by atoms with Gasteiger partial charge < -0.3 is 9.47 Å². The Hall–Kier alpha value is -1.95. The van der Waals surface area contributed by atoms with Gasteiger partial charge in [0.25, 0.3) is 0 Å². The van der Waals surface area contributed by atoms with Crippen molar-refractivity contribution in [1.82, 2.24) is 4.90 Å². The first kappa shape index (κ1) is 13.1. The topological polar surface area (TPSA) is 55.8 Å². The van der Waals surface area contributed by atoms with Crippen LogP contribution < -0.4 is 4.74 Å². The number of hydrogen-bond acceptors (Lipinski definition) is 5. The Balaban J connectivity index is 1.85. The molecule has 1 unspecified atom stereocenters. The molecule has 0 saturated carbocycles. The van der Waals surface area contributed by atoms with Gasteiger partial charge in [0.1, 0.15) is 18.1 Å². The lowest BCUT2D eigenvalue weighted by Gasteiger charge is -2.31. The molecule has 20 heavy (non-hydrogen) atoms. The van der Waals surface area contributed by atoms with Crippen molar-refractivity contribution in [3.8, 4) is 5.75 Å². The monoisotopic (exact) mass is 291 g/mol. The smallest absolute Gasteiger partial charge is 0.420 e. The first-order chi connectivity index (χ1) is 9.66. The summed E-state index contributed by atoms with van der Waals surface area (Å²) in [4.78, 5) is 25.5. The second-order valence-corrected chi connectivity index (χ2v) is 5.79. The van der Waals surface area contributed by atoms with Gasteiger partial charge in [-0.2, -0.15) is 0 Å². The lowest BCUT2D eigenvalue weighted by atomic mass is 10.2. The fourth-order valence-electron chi connectivity index (χ4n) is 2.17. The number of hydrogen-bond donors (Lipinski definition) is 0. The maximum atomic E-state index is 12.3. The molecule has 0 radical (unpaired) electrons. The van der Waals surface area contributed by atoms with E-state index in [1.807, 2.05) is 13.0 Å². The number of cyclic esters (lactones) is 1. The van der Waals surface area contributed by atoms with E-state index < -0.39 is 12.1 Å². The highest BCUT2D eigenvalue weighted by molar-refractivity contribution is 8.00. The minimum Gasteiger partial charge on any atom is -0.456 e. The second-order valence-electron chi connectivity index (χ2n) is 4.49. The number of ether oxygens (including phenoxy) is 2. The van der Waals surface area contributed by atoms with Crippen molar-refractivity contribution < 1.29 is 19.1 Å². The van der Waals surface area contributed by atoms with Gasteiger partial charge in [0.05, 0.1) is 5.37 Å². The van der Waals surface area contributed by atoms with E-state index in [-0.39, 0.29) is 12.0 Å². The van der Waals surface area contributed by atoms with Crippen molar-refractivity contribution in [3.05, 3.63) is 41.6 Å². The summed E-state index contributed by atoms with van der Waals surface area (Å²) >= 11 is 1.58. The van der Waals surface area contributed by atoms with Crippen molar-refractivity contribution in [2.24, 2.45) is 0 Å². The van der Waals surface area contributed by atoms with Crippen LogP contribution in [0.2, 0.25) is 0 Å². The third-order valence-corrected chi connectivity index (χ3v) is 4.36. The summed E-state index contributed by atoms with van der Waals surface area (Å²) in [6, 6.07) is 8.80. The highest BCUT2D eigenvalue weighted by Crippen LogP contribution is 2.35. The molecule has 2 aliphatic heterocycles. The minimum atomic E-state index is -0.553. The van der Waals surface area contributed by atoms with Gasteiger partial charge in [-0.1, -0.05) is 18.2 Å². The lowest BCUT2D eigenvalue weighted by molar-refractivity contribution is -0.137. The molecule has 0 saturated heterocycles. The molecule has 0 bridgehead atoms. The quantitative estimate of drug-likeness (QED) is 0.744. The Bertz CT molecular complexity index is 584. The van der Waals surface area contributed by atoms with Crippen molar-refractivity contribution in [2.75, 3.05) is 12.4 Å². The van der Waals surface area contributed by atoms with Crippen molar-refractivity contribution >= 4 is 23.8 Å². The predicted octanol–water partition coefficient (Wildman–Crippen LogP) is 2.39. The highest BCUT2D eigenvalue weighted by atomic mass is 32.2. The first-order valence-corrected chi connectivity index (χ1v) is 7.28. The number of para-hydroxylation sites is 1. The zero-order valence-electron chi connectivity index (χ0n) is 10.9. The third kappa shape index (κ3) is 2.27. The molecule has 6 heteroatoms. The molecule has 0 aliphatic carbocycles. The first-order valence-electron chi connectivity index (χ1n) is 6.23. The van der Waals surface area contributed by atoms with Crippen molar-refractivity contribution in [3.63, 3.8) is 0 Å². The van der Waals surface area contributed by atoms with Crippen LogP contribution in [0.15, 0.2) is 41.6 Å². The molecular formula is C14H13NO4S. The average Bonchev–Trinajstić information content (AvgIpc) is 2.81. The Morgan fingerprint density at radius 3 is 2.90 bits per heavy atom. The molecular weight excluding hydrogens is 278 g/mol. The number of carbonyl (C=O) groups excluding carboxylic acids is 2. The van der Waals surface area contributed by atoms with Crippen LogP contribution in [0.25, 0.3) is 0 Å². The van der Waals surface area contributed by atoms with E-state index in [2.05, 4.69) is 0 Å². The van der Waals surface area contributed by atoms with Crippen LogP contribution in [-0.2, 0) is 9.53 Å². The minimum absolute atomic E-state index is 0.157. The lowest BCUT2D eigenvalue weighted by Crippen LogP contribution is -2.42. The van der Waals surface area contributed by atoms with Gasteiger partial charge in [-0.15, -0.1) is 11.8 Å². The fourth-order valence-corrected chi connectivity index (χ4v) is 3.17. The number of rotatable bonds is 1. The van der Waals surface area contributed by atoms with E-state index in [1.165, 1.54) is 4.90 Å². The molecule has 2 aliphatic rings. The average molecular weight is 291 g/mol. The number of nitrogens with zero attached hydrogens (tertiary/aromatic N) is 1. The zero-order chi connectivity index (χ0) is 14.1. The summed E-state index contributed by atoms with van der Waals surface area (Å²) in [7, 11) is 0. The molecule has 0 fully saturated rings. The van der Waals surface area contributed by atoms with Gasteiger partial charge in [-0.3, -0.25) is 4.90 Å². The predicted molar refractivity (Wildman–Crippen MR) is 74.2 cm³/mol. The summed E-state index contributed by atoms with van der Waals surface area (Å²) in [5.41, 5.74) is 1.19. The number of carbonyl (C=O) groups is 2. The van der Waals surface area contributed by atoms with Crippen LogP contribution in [0.1, 0.15) is 6.92 Å². The van der Waals surface area contributed by atoms with Crippen LogP contribution in [0.3, 0.4) is 0 Å². The Kier molecular flexibility index (Phi) is 3.40. The summed E-state index contributed by atoms with van der Waals surface area (Å²) in [6.07, 6.45) is -0.553. The zero-order valence-corrected chi connectivity index (χ0v) is 11.7. The van der Waals surface area contributed by atoms with E-state index >= 15 is 0 Å². The van der Waals surface area contributed by atoms with Crippen molar-refractivity contribution in [2.45, 2.75) is 12.3 Å². The van der Waals surface area contributed by atoms with Crippen LogP contribution in [0.5, 0.6) is 5.75 Å². The molecule has 1 atom stereocenters. The van der Waals surface area contributed by atoms with E-state index in [0.717, 1.165) is 5.57 Å². The summed E-state index contributed by atoms with van der Waals surface area (Å²) in [5.74, 6) is 0.711. The van der Waals surface area contributed by atoms with Crippen LogP contribution in [0.4, 0.5) is 4.79 Å². The number of esters is 1. The molecule has 1 amide bonds. The maximum Gasteiger partial charge on any atom is 0.420 e. The van der Waals surface area contributed by atoms with E-state index in [1.54, 1.807) is 36.0 Å². The number of thioether (sulfide) groups is 1. The van der Waals surface area contributed by atoms with E-state index in [0.29, 0.717) is 17.2 Å². The molecule has 104 valence electrons. The van der Waals surface area contributed by atoms with Crippen LogP contribution in [0, 0.1) is 0 Å². The number of benzene rings is 1. The SMILES string of the molecule is CC1SCC2=C(C(=O)OC2)N1C(=O)Oc1ccccc1. The highest BCUT2D eigenvalue weighted by Gasteiger charge is 2.40. The van der Waals surface area contributed by atoms with E-state index in [9.17, 15) is 9.59 Å². The normalized spacial score (nSPS) is 21.6. The molecule has 3 rings (SSSR count). The van der Waals surface area contributed by atoms with Crippen molar-refractivity contribution in [1.29, 1.82) is 0 Å². The van der Waals surface area contributed by atoms with Gasteiger partial charge in [0.2, 0.25) is 0 Å². The van der Waals surface area contributed by atoms with Crippen LogP contribution in [-0.4, -0.2) is 34.7 Å². The Morgan fingerprint density at radius 1 is 1.40 bits per heavy atom. The third-order valence-electron chi connectivity index (χ3n) is 3.15. The summed E-state index contributed by atoms with van der Waals surface area (Å²) < 4.78 is 10.3. The fraction of sp³-hybridized carbons (Fsp3) is 0.286. The largest absolute Gasteiger partial charge is 0.456 e. The van der Waals surface area contributed by atoms with Gasteiger partial charge in [-0.05, 0) is 19.1 Å². The summed E-state index contributed by atoms with van der Waals surface area (Å²) in [6.45, 7) is 2.13. The van der Waals surface area contributed by atoms with Gasteiger partial charge >= 0.3 is 12.1 Å². The Labute approximate surface area is 120 Å². The summed E-state index contributed by atoms with van der Waals surface area (Å²) in [5, 5.41) is -0.157.